The molecule has 0 radical (unpaired) electrons. The van der Waals surface area contributed by atoms with Crippen molar-refractivity contribution in [3.63, 3.8) is 0 Å². The summed E-state index contributed by atoms with van der Waals surface area (Å²) in [6.07, 6.45) is -3.01. The van der Waals surface area contributed by atoms with Crippen molar-refractivity contribution < 1.29 is 27.5 Å². The topological polar surface area (TPSA) is 67.4 Å². The Morgan fingerprint density at radius 1 is 0.962 bits per heavy atom. The summed E-state index contributed by atoms with van der Waals surface area (Å²) >= 11 is 0. The van der Waals surface area contributed by atoms with E-state index in [9.17, 15) is 22.8 Å². The Labute approximate surface area is 147 Å². The maximum atomic E-state index is 12.2. The van der Waals surface area contributed by atoms with Crippen molar-refractivity contribution in [2.24, 2.45) is 5.92 Å². The second-order valence-corrected chi connectivity index (χ2v) is 5.87. The predicted molar refractivity (Wildman–Crippen MR) is 88.9 cm³/mol. The summed E-state index contributed by atoms with van der Waals surface area (Å²) < 4.78 is 40.2. The number of hydrogen-bond donors (Lipinski definition) is 2. The number of alkyl halides is 3. The van der Waals surface area contributed by atoms with Gasteiger partial charge in [0.05, 0.1) is 0 Å². The highest BCUT2D eigenvalue weighted by atomic mass is 19.4. The second kappa shape index (κ2) is 7.07. The number of ether oxygens (including phenoxy) is 1. The minimum atomic E-state index is -4.78. The van der Waals surface area contributed by atoms with E-state index in [0.29, 0.717) is 11.4 Å². The first-order valence-corrected chi connectivity index (χ1v) is 7.88. The lowest BCUT2D eigenvalue weighted by Crippen LogP contribution is -2.17. The molecule has 2 N–H and O–H groups in total. The van der Waals surface area contributed by atoms with Gasteiger partial charge < -0.3 is 15.4 Å². The van der Waals surface area contributed by atoms with Gasteiger partial charge in [0.1, 0.15) is 5.75 Å². The molecule has 0 atom stereocenters. The number of carbonyl (C=O) groups excluding carboxylic acids is 2. The van der Waals surface area contributed by atoms with Crippen molar-refractivity contribution >= 4 is 23.2 Å². The zero-order valence-electron chi connectivity index (χ0n) is 13.5. The molecular weight excluding hydrogens is 349 g/mol. The van der Waals surface area contributed by atoms with Gasteiger partial charge in [-0.1, -0.05) is 6.07 Å². The van der Waals surface area contributed by atoms with E-state index in [-0.39, 0.29) is 17.4 Å². The lowest BCUT2D eigenvalue weighted by Gasteiger charge is -2.10. The third-order valence-electron chi connectivity index (χ3n) is 3.69. The number of hydrogen-bond acceptors (Lipinski definition) is 3. The lowest BCUT2D eigenvalue weighted by molar-refractivity contribution is -0.274. The van der Waals surface area contributed by atoms with E-state index in [1.54, 1.807) is 24.3 Å². The molecule has 1 fully saturated rings. The van der Waals surface area contributed by atoms with Gasteiger partial charge in [-0.3, -0.25) is 9.59 Å². The number of halogens is 3. The van der Waals surface area contributed by atoms with Gasteiger partial charge in [0.15, 0.2) is 0 Å². The van der Waals surface area contributed by atoms with Crippen LogP contribution in [0.1, 0.15) is 23.2 Å². The average Bonchev–Trinajstić information content (AvgIpc) is 3.39. The minimum absolute atomic E-state index is 0.0475. The van der Waals surface area contributed by atoms with Crippen LogP contribution in [0.4, 0.5) is 24.5 Å². The lowest BCUT2D eigenvalue weighted by atomic mass is 10.2. The highest BCUT2D eigenvalue weighted by Crippen LogP contribution is 2.30. The molecule has 2 aromatic carbocycles. The molecule has 3 rings (SSSR count). The first-order valence-electron chi connectivity index (χ1n) is 7.88. The quantitative estimate of drug-likeness (QED) is 0.836. The number of benzene rings is 2. The van der Waals surface area contributed by atoms with E-state index >= 15 is 0 Å². The van der Waals surface area contributed by atoms with Gasteiger partial charge in [0.2, 0.25) is 5.91 Å². The minimum Gasteiger partial charge on any atom is -0.406 e. The summed E-state index contributed by atoms with van der Waals surface area (Å²) in [5.74, 6) is -0.882. The fourth-order valence-electron chi connectivity index (χ4n) is 2.28. The van der Waals surface area contributed by atoms with Crippen LogP contribution in [0.5, 0.6) is 5.75 Å². The molecule has 136 valence electrons. The Bertz CT molecular complexity index is 815. The Morgan fingerprint density at radius 2 is 1.58 bits per heavy atom. The van der Waals surface area contributed by atoms with Crippen LogP contribution in [0.3, 0.4) is 0 Å². The molecule has 5 nitrogen and oxygen atoms in total. The van der Waals surface area contributed by atoms with E-state index in [2.05, 4.69) is 15.4 Å². The summed E-state index contributed by atoms with van der Waals surface area (Å²) in [5, 5.41) is 5.40. The zero-order valence-corrected chi connectivity index (χ0v) is 13.5. The van der Waals surface area contributed by atoms with Crippen molar-refractivity contribution in [3.8, 4) is 5.75 Å². The Balaban J connectivity index is 1.63. The molecular formula is C18H15F3N2O3. The van der Waals surface area contributed by atoms with E-state index in [1.807, 2.05) is 0 Å². The van der Waals surface area contributed by atoms with Crippen LogP contribution >= 0.6 is 0 Å². The van der Waals surface area contributed by atoms with Crippen LogP contribution in [0.2, 0.25) is 0 Å². The molecule has 1 aliphatic rings. The van der Waals surface area contributed by atoms with Crippen LogP contribution in [0, 0.1) is 5.92 Å². The summed E-state index contributed by atoms with van der Waals surface area (Å²) in [4.78, 5) is 24.0. The summed E-state index contributed by atoms with van der Waals surface area (Å²) in [7, 11) is 0. The first-order chi connectivity index (χ1) is 12.3. The molecule has 0 aliphatic heterocycles. The number of nitrogens with one attached hydrogen (secondary N) is 2. The molecule has 0 bridgehead atoms. The zero-order chi connectivity index (χ0) is 18.7. The fourth-order valence-corrected chi connectivity index (χ4v) is 2.28. The van der Waals surface area contributed by atoms with Crippen molar-refractivity contribution in [2.45, 2.75) is 19.2 Å². The monoisotopic (exact) mass is 364 g/mol. The summed E-state index contributed by atoms with van der Waals surface area (Å²) in [6.45, 7) is 0. The molecule has 2 aromatic rings. The maximum absolute atomic E-state index is 12.2. The predicted octanol–water partition coefficient (Wildman–Crippen LogP) is 4.19. The van der Waals surface area contributed by atoms with Crippen LogP contribution < -0.4 is 15.4 Å². The van der Waals surface area contributed by atoms with E-state index in [0.717, 1.165) is 25.0 Å². The third-order valence-corrected chi connectivity index (χ3v) is 3.69. The summed E-state index contributed by atoms with van der Waals surface area (Å²) in [6, 6.07) is 11.2. The van der Waals surface area contributed by atoms with Crippen LogP contribution in [0.15, 0.2) is 48.5 Å². The van der Waals surface area contributed by atoms with Gasteiger partial charge in [0, 0.05) is 22.9 Å². The molecule has 1 saturated carbocycles. The van der Waals surface area contributed by atoms with Crippen molar-refractivity contribution in [1.29, 1.82) is 0 Å². The standard InChI is InChI=1S/C18H15F3N2O3/c19-18(20,21)26-15-8-6-12(7-9-15)17(25)23-14-3-1-2-13(10-14)22-16(24)11-4-5-11/h1-3,6-11H,4-5H2,(H,22,24)(H,23,25). The molecule has 0 heterocycles. The van der Waals surface area contributed by atoms with Crippen molar-refractivity contribution in [2.75, 3.05) is 10.6 Å². The second-order valence-electron chi connectivity index (χ2n) is 5.87. The van der Waals surface area contributed by atoms with Crippen LogP contribution in [0.25, 0.3) is 0 Å². The van der Waals surface area contributed by atoms with E-state index in [1.165, 1.54) is 12.1 Å². The molecule has 0 aromatic heterocycles. The number of amides is 2. The van der Waals surface area contributed by atoms with Gasteiger partial charge in [-0.25, -0.2) is 0 Å². The average molecular weight is 364 g/mol. The van der Waals surface area contributed by atoms with Crippen molar-refractivity contribution in [3.05, 3.63) is 54.1 Å². The van der Waals surface area contributed by atoms with Gasteiger partial charge in [-0.2, -0.15) is 0 Å². The molecule has 0 unspecified atom stereocenters. The fraction of sp³-hybridized carbons (Fsp3) is 0.222. The number of rotatable bonds is 5. The maximum Gasteiger partial charge on any atom is 0.573 e. The first kappa shape index (κ1) is 17.8. The van der Waals surface area contributed by atoms with Crippen LogP contribution in [-0.4, -0.2) is 18.2 Å². The largest absolute Gasteiger partial charge is 0.573 e. The third kappa shape index (κ3) is 4.98. The SMILES string of the molecule is O=C(Nc1cccc(NC(=O)C2CC2)c1)c1ccc(OC(F)(F)F)cc1. The van der Waals surface area contributed by atoms with Gasteiger partial charge in [-0.05, 0) is 55.3 Å². The van der Waals surface area contributed by atoms with Crippen molar-refractivity contribution in [1.82, 2.24) is 0 Å². The highest BCUT2D eigenvalue weighted by Gasteiger charge is 2.31. The normalized spacial score (nSPS) is 13.8. The van der Waals surface area contributed by atoms with Gasteiger partial charge in [-0.15, -0.1) is 13.2 Å². The number of carbonyl (C=O) groups is 2. The molecule has 26 heavy (non-hydrogen) atoms. The molecule has 1 aliphatic carbocycles. The van der Waals surface area contributed by atoms with Gasteiger partial charge >= 0.3 is 6.36 Å². The molecule has 0 saturated heterocycles. The highest BCUT2D eigenvalue weighted by molar-refractivity contribution is 6.04. The Morgan fingerprint density at radius 3 is 2.15 bits per heavy atom. The van der Waals surface area contributed by atoms with Gasteiger partial charge in [0.25, 0.3) is 5.91 Å². The molecule has 8 heteroatoms. The van der Waals surface area contributed by atoms with E-state index in [4.69, 9.17) is 0 Å². The Kier molecular flexibility index (Phi) is 4.83. The van der Waals surface area contributed by atoms with E-state index < -0.39 is 18.0 Å². The summed E-state index contributed by atoms with van der Waals surface area (Å²) in [5.41, 5.74) is 1.19. The molecule has 0 spiro atoms. The molecule has 2 amide bonds. The smallest absolute Gasteiger partial charge is 0.406 e. The number of anilines is 2. The van der Waals surface area contributed by atoms with Crippen LogP contribution in [-0.2, 0) is 4.79 Å². The Hall–Kier alpha value is -3.03.